The summed E-state index contributed by atoms with van der Waals surface area (Å²) in [6, 6.07) is 7.25. The normalized spacial score (nSPS) is 15.9. The number of hydrogen-bond donors (Lipinski definition) is 3. The van der Waals surface area contributed by atoms with E-state index >= 15 is 0 Å². The summed E-state index contributed by atoms with van der Waals surface area (Å²) in [5.74, 6) is -2.15. The fourth-order valence-electron chi connectivity index (χ4n) is 3.46. The Morgan fingerprint density at radius 1 is 1.00 bits per heavy atom. The number of piperazine rings is 1. The lowest BCUT2D eigenvalue weighted by atomic mass is 10.2. The molecule has 12 heteroatoms. The first kappa shape index (κ1) is 21.2. The lowest BCUT2D eigenvalue weighted by Crippen LogP contribution is -2.50. The number of amides is 1. The van der Waals surface area contributed by atoms with E-state index in [0.29, 0.717) is 22.8 Å². The Hall–Kier alpha value is -3.09. The number of fused-ring (bicyclic) bond motifs is 1. The predicted molar refractivity (Wildman–Crippen MR) is 109 cm³/mol. The first-order valence-corrected chi connectivity index (χ1v) is 10.9. The minimum atomic E-state index is -4.18. The molecule has 3 N–H and O–H groups in total. The highest BCUT2D eigenvalue weighted by Gasteiger charge is 2.31. The highest BCUT2D eigenvalue weighted by molar-refractivity contribution is 7.89. The number of sulfonamides is 1. The summed E-state index contributed by atoms with van der Waals surface area (Å²) < 4.78 is 53.7. The molecule has 31 heavy (non-hydrogen) atoms. The van der Waals surface area contributed by atoms with Gasteiger partial charge in [-0.05, 0) is 36.4 Å². The van der Waals surface area contributed by atoms with Crippen molar-refractivity contribution in [3.05, 3.63) is 58.5 Å². The zero-order valence-corrected chi connectivity index (χ0v) is 17.0. The summed E-state index contributed by atoms with van der Waals surface area (Å²) in [4.78, 5) is 29.9. The van der Waals surface area contributed by atoms with Crippen molar-refractivity contribution < 1.29 is 22.0 Å². The van der Waals surface area contributed by atoms with Crippen molar-refractivity contribution in [2.24, 2.45) is 0 Å². The largest absolute Gasteiger partial charge is 0.325 e. The Kier molecular flexibility index (Phi) is 5.60. The number of anilines is 1. The molecule has 0 aliphatic carbocycles. The lowest BCUT2D eigenvalue weighted by Gasteiger charge is -2.33. The molecule has 1 aliphatic rings. The molecule has 1 aliphatic heterocycles. The van der Waals surface area contributed by atoms with Crippen LogP contribution in [0.2, 0.25) is 0 Å². The smallest absolute Gasteiger partial charge is 0.323 e. The Morgan fingerprint density at radius 2 is 1.71 bits per heavy atom. The van der Waals surface area contributed by atoms with Crippen molar-refractivity contribution in [2.75, 3.05) is 38.0 Å². The molecule has 164 valence electrons. The maximum Gasteiger partial charge on any atom is 0.323 e. The van der Waals surface area contributed by atoms with Crippen LogP contribution in [0.3, 0.4) is 0 Å². The molecule has 2 heterocycles. The molecule has 1 saturated heterocycles. The molecule has 3 aromatic rings. The number of hydrogen-bond acceptors (Lipinski definition) is 5. The third kappa shape index (κ3) is 4.50. The van der Waals surface area contributed by atoms with Gasteiger partial charge in [-0.15, -0.1) is 0 Å². The number of halogens is 2. The minimum Gasteiger partial charge on any atom is -0.325 e. The summed E-state index contributed by atoms with van der Waals surface area (Å²) in [7, 11) is -4.18. The molecule has 0 saturated carbocycles. The van der Waals surface area contributed by atoms with Crippen LogP contribution >= 0.6 is 0 Å². The topological polar surface area (TPSA) is 118 Å². The van der Waals surface area contributed by atoms with Gasteiger partial charge in [-0.3, -0.25) is 9.69 Å². The van der Waals surface area contributed by atoms with E-state index in [4.69, 9.17) is 0 Å². The fourth-order valence-corrected chi connectivity index (χ4v) is 4.95. The van der Waals surface area contributed by atoms with E-state index in [0.717, 1.165) is 16.4 Å². The second-order valence-electron chi connectivity index (χ2n) is 7.14. The monoisotopic (exact) mass is 451 g/mol. The number of carbonyl (C=O) groups is 1. The van der Waals surface area contributed by atoms with Crippen LogP contribution in [0.5, 0.6) is 0 Å². The summed E-state index contributed by atoms with van der Waals surface area (Å²) in [5, 5.41) is 2.73. The SMILES string of the molecule is O=C(CN1CCN(S(=O)(=O)c2cc(F)ccc2F)CC1)Nc1ccc2[nH]c(=O)[nH]c2c1. The number of nitrogens with one attached hydrogen (secondary N) is 3. The van der Waals surface area contributed by atoms with Crippen LogP contribution in [0.1, 0.15) is 0 Å². The van der Waals surface area contributed by atoms with Crippen molar-refractivity contribution >= 4 is 32.7 Å². The van der Waals surface area contributed by atoms with Crippen molar-refractivity contribution in [2.45, 2.75) is 4.90 Å². The van der Waals surface area contributed by atoms with Gasteiger partial charge in [0.05, 0.1) is 17.6 Å². The maximum atomic E-state index is 13.9. The van der Waals surface area contributed by atoms with E-state index < -0.39 is 26.6 Å². The van der Waals surface area contributed by atoms with Crippen LogP contribution in [0.25, 0.3) is 11.0 Å². The Bertz CT molecular complexity index is 1300. The van der Waals surface area contributed by atoms with E-state index in [1.165, 1.54) is 0 Å². The second-order valence-corrected chi connectivity index (χ2v) is 9.05. The number of benzene rings is 2. The average Bonchev–Trinajstić information content (AvgIpc) is 3.09. The fraction of sp³-hybridized carbons (Fsp3) is 0.263. The van der Waals surface area contributed by atoms with Crippen molar-refractivity contribution in [1.29, 1.82) is 0 Å². The van der Waals surface area contributed by atoms with Gasteiger partial charge in [0.15, 0.2) is 0 Å². The number of H-pyrrole nitrogens is 2. The van der Waals surface area contributed by atoms with Gasteiger partial charge in [0.2, 0.25) is 15.9 Å². The number of nitrogens with zero attached hydrogens (tertiary/aromatic N) is 2. The van der Waals surface area contributed by atoms with Crippen molar-refractivity contribution in [3.8, 4) is 0 Å². The van der Waals surface area contributed by atoms with Gasteiger partial charge in [0.1, 0.15) is 16.5 Å². The summed E-state index contributed by atoms with van der Waals surface area (Å²) >= 11 is 0. The van der Waals surface area contributed by atoms with Gasteiger partial charge in [0.25, 0.3) is 0 Å². The zero-order valence-electron chi connectivity index (χ0n) is 16.2. The summed E-state index contributed by atoms with van der Waals surface area (Å²) in [6.07, 6.45) is 0. The Morgan fingerprint density at radius 3 is 2.45 bits per heavy atom. The van der Waals surface area contributed by atoms with Crippen LogP contribution in [0.4, 0.5) is 14.5 Å². The quantitative estimate of drug-likeness (QED) is 0.537. The highest BCUT2D eigenvalue weighted by atomic mass is 32.2. The molecular formula is C19H19F2N5O4S. The van der Waals surface area contributed by atoms with Crippen LogP contribution in [-0.2, 0) is 14.8 Å². The van der Waals surface area contributed by atoms with Crippen molar-refractivity contribution in [3.63, 3.8) is 0 Å². The van der Waals surface area contributed by atoms with E-state index in [2.05, 4.69) is 15.3 Å². The average molecular weight is 451 g/mol. The molecule has 9 nitrogen and oxygen atoms in total. The number of aromatic nitrogens is 2. The standard InChI is InChI=1S/C19H19F2N5O4S/c20-12-1-3-14(21)17(9-12)31(29,30)26-7-5-25(6-8-26)11-18(27)22-13-2-4-15-16(10-13)24-19(28)23-15/h1-4,9-10H,5-8,11H2,(H,22,27)(H2,23,24,28). The number of aromatic amines is 2. The second kappa shape index (κ2) is 8.21. The molecule has 1 fully saturated rings. The molecule has 1 amide bonds. The van der Waals surface area contributed by atoms with Crippen LogP contribution in [-0.4, -0.2) is 66.2 Å². The van der Waals surface area contributed by atoms with E-state index in [-0.39, 0.29) is 44.3 Å². The van der Waals surface area contributed by atoms with Crippen LogP contribution in [0, 0.1) is 11.6 Å². The molecule has 0 spiro atoms. The van der Waals surface area contributed by atoms with Crippen LogP contribution < -0.4 is 11.0 Å². The third-order valence-electron chi connectivity index (χ3n) is 5.01. The molecule has 1 aromatic heterocycles. The van der Waals surface area contributed by atoms with Gasteiger partial charge in [-0.1, -0.05) is 0 Å². The Balaban J connectivity index is 1.35. The summed E-state index contributed by atoms with van der Waals surface area (Å²) in [6.45, 7) is 0.635. The van der Waals surface area contributed by atoms with Gasteiger partial charge < -0.3 is 15.3 Å². The predicted octanol–water partition coefficient (Wildman–Crippen LogP) is 1.08. The van der Waals surface area contributed by atoms with Crippen LogP contribution in [0.15, 0.2) is 46.1 Å². The molecule has 2 aromatic carbocycles. The molecule has 4 rings (SSSR count). The first-order chi connectivity index (χ1) is 14.7. The van der Waals surface area contributed by atoms with E-state index in [1.807, 2.05) is 0 Å². The number of carbonyl (C=O) groups excluding carboxylic acids is 1. The molecular weight excluding hydrogens is 432 g/mol. The zero-order chi connectivity index (χ0) is 22.2. The molecule has 0 radical (unpaired) electrons. The van der Waals surface area contributed by atoms with Gasteiger partial charge in [-0.2, -0.15) is 4.31 Å². The lowest BCUT2D eigenvalue weighted by molar-refractivity contribution is -0.117. The number of imidazole rings is 1. The molecule has 0 bridgehead atoms. The van der Waals surface area contributed by atoms with Gasteiger partial charge >= 0.3 is 5.69 Å². The first-order valence-electron chi connectivity index (χ1n) is 9.42. The maximum absolute atomic E-state index is 13.9. The highest BCUT2D eigenvalue weighted by Crippen LogP contribution is 2.22. The van der Waals surface area contributed by atoms with Gasteiger partial charge in [-0.25, -0.2) is 22.0 Å². The molecule has 0 atom stereocenters. The number of rotatable bonds is 5. The van der Waals surface area contributed by atoms with E-state index in [1.54, 1.807) is 23.1 Å². The summed E-state index contributed by atoms with van der Waals surface area (Å²) in [5.41, 5.74) is 1.35. The van der Waals surface area contributed by atoms with E-state index in [9.17, 15) is 26.8 Å². The minimum absolute atomic E-state index is 0.0317. The third-order valence-corrected chi connectivity index (χ3v) is 6.92. The van der Waals surface area contributed by atoms with Gasteiger partial charge in [0, 0.05) is 31.9 Å². The Labute approximate surface area is 175 Å². The molecule has 0 unspecified atom stereocenters. The van der Waals surface area contributed by atoms with Crippen molar-refractivity contribution in [1.82, 2.24) is 19.2 Å².